The zero-order valence-corrected chi connectivity index (χ0v) is 16.7. The average molecular weight is 426 g/mol. The second-order valence-corrected chi connectivity index (χ2v) is 7.42. The largest absolute Gasteiger partial charge is 0.486 e. The molecule has 1 amide bonds. The van der Waals surface area contributed by atoms with Crippen molar-refractivity contribution >= 4 is 29.8 Å². The summed E-state index contributed by atoms with van der Waals surface area (Å²) < 4.78 is 24.4. The molecule has 2 aromatic carbocycles. The highest BCUT2D eigenvalue weighted by atomic mass is 32.2. The Morgan fingerprint density at radius 1 is 1.20 bits per heavy atom. The normalized spacial score (nSPS) is 15.3. The Kier molecular flexibility index (Phi) is 6.29. The van der Waals surface area contributed by atoms with Crippen LogP contribution in [0.3, 0.4) is 0 Å². The van der Waals surface area contributed by atoms with Gasteiger partial charge in [-0.2, -0.15) is 0 Å². The zero-order valence-electron chi connectivity index (χ0n) is 15.9. The number of H-pyrrole nitrogens is 1. The Morgan fingerprint density at radius 3 is 2.83 bits per heavy atom. The van der Waals surface area contributed by atoms with Crippen LogP contribution in [-0.2, 0) is 4.79 Å². The van der Waals surface area contributed by atoms with Crippen molar-refractivity contribution in [1.82, 2.24) is 20.5 Å². The van der Waals surface area contributed by atoms with Gasteiger partial charge in [0.05, 0.1) is 12.3 Å². The lowest BCUT2D eigenvalue weighted by atomic mass is 10.2. The highest BCUT2D eigenvalue weighted by Crippen LogP contribution is 2.30. The van der Waals surface area contributed by atoms with Crippen molar-refractivity contribution in [2.24, 2.45) is 0 Å². The number of carbonyl (C=O) groups is 1. The number of carbonyl (C=O) groups excluding carboxylic acids is 1. The van der Waals surface area contributed by atoms with Crippen LogP contribution in [0.1, 0.15) is 11.4 Å². The first-order valence-electron chi connectivity index (χ1n) is 9.30. The standard InChI is InChI=1S/C21H19FN4O3S/c22-15-8-5-14(6-9-15)7-10-19-24-21(26-25-19)30-13-20(27)23-11-16-12-28-17-3-1-2-4-18(17)29-16/h1-10,16H,11-13H2,(H,23,27)(H,24,25,26)/b10-7+. The summed E-state index contributed by atoms with van der Waals surface area (Å²) in [6.45, 7) is 0.739. The third kappa shape index (κ3) is 5.38. The van der Waals surface area contributed by atoms with E-state index >= 15 is 0 Å². The minimum absolute atomic E-state index is 0.143. The van der Waals surface area contributed by atoms with Gasteiger partial charge in [-0.25, -0.2) is 9.37 Å². The number of aromatic nitrogens is 3. The number of fused-ring (bicyclic) bond motifs is 1. The van der Waals surface area contributed by atoms with Crippen molar-refractivity contribution in [3.63, 3.8) is 0 Å². The third-order valence-electron chi connectivity index (χ3n) is 4.21. The van der Waals surface area contributed by atoms with Crippen molar-refractivity contribution < 1.29 is 18.7 Å². The summed E-state index contributed by atoms with van der Waals surface area (Å²) in [4.78, 5) is 16.4. The molecule has 4 rings (SSSR count). The number of aromatic amines is 1. The summed E-state index contributed by atoms with van der Waals surface area (Å²) in [5.74, 6) is 1.70. The molecule has 30 heavy (non-hydrogen) atoms. The fourth-order valence-electron chi connectivity index (χ4n) is 2.72. The first-order valence-corrected chi connectivity index (χ1v) is 10.3. The lowest BCUT2D eigenvalue weighted by Gasteiger charge is -2.26. The van der Waals surface area contributed by atoms with Crippen molar-refractivity contribution in [1.29, 1.82) is 0 Å². The topological polar surface area (TPSA) is 89.1 Å². The van der Waals surface area contributed by atoms with Gasteiger partial charge in [0.2, 0.25) is 11.1 Å². The molecule has 1 aliphatic rings. The monoisotopic (exact) mass is 426 g/mol. The fourth-order valence-corrected chi connectivity index (χ4v) is 3.35. The number of thioether (sulfide) groups is 1. The van der Waals surface area contributed by atoms with Crippen LogP contribution in [-0.4, -0.2) is 46.1 Å². The summed E-state index contributed by atoms with van der Waals surface area (Å²) in [6, 6.07) is 13.6. The number of nitrogens with one attached hydrogen (secondary N) is 2. The Labute approximate surface area is 176 Å². The van der Waals surface area contributed by atoms with Gasteiger partial charge >= 0.3 is 0 Å². The zero-order chi connectivity index (χ0) is 20.8. The van der Waals surface area contributed by atoms with Crippen LogP contribution in [0, 0.1) is 5.82 Å². The molecule has 0 fully saturated rings. The van der Waals surface area contributed by atoms with Crippen molar-refractivity contribution in [3.05, 3.63) is 65.7 Å². The number of amides is 1. The predicted octanol–water partition coefficient (Wildman–Crippen LogP) is 3.16. The van der Waals surface area contributed by atoms with Gasteiger partial charge in [0.25, 0.3) is 0 Å². The summed E-state index contributed by atoms with van der Waals surface area (Å²) in [5.41, 5.74) is 0.845. The number of para-hydroxylation sites is 2. The molecule has 0 bridgehead atoms. The molecule has 0 radical (unpaired) electrons. The van der Waals surface area contributed by atoms with Crippen LogP contribution in [0.15, 0.2) is 53.7 Å². The second-order valence-electron chi connectivity index (χ2n) is 6.48. The molecule has 0 saturated carbocycles. The van der Waals surface area contributed by atoms with Crippen LogP contribution in [0.5, 0.6) is 11.5 Å². The summed E-state index contributed by atoms with van der Waals surface area (Å²) >= 11 is 1.23. The lowest BCUT2D eigenvalue weighted by molar-refractivity contribution is -0.119. The van der Waals surface area contributed by atoms with Gasteiger partial charge in [0.15, 0.2) is 11.5 Å². The van der Waals surface area contributed by atoms with Crippen molar-refractivity contribution in [3.8, 4) is 11.5 Å². The van der Waals surface area contributed by atoms with Gasteiger partial charge in [-0.15, -0.1) is 5.10 Å². The van der Waals surface area contributed by atoms with Gasteiger partial charge in [-0.1, -0.05) is 42.1 Å². The Hall–Kier alpha value is -3.33. The predicted molar refractivity (Wildman–Crippen MR) is 112 cm³/mol. The maximum absolute atomic E-state index is 12.9. The van der Waals surface area contributed by atoms with E-state index in [1.165, 1.54) is 23.9 Å². The number of hydrogen-bond donors (Lipinski definition) is 2. The Balaban J connectivity index is 1.20. The maximum Gasteiger partial charge on any atom is 0.230 e. The van der Waals surface area contributed by atoms with Gasteiger partial charge < -0.3 is 14.8 Å². The van der Waals surface area contributed by atoms with E-state index in [4.69, 9.17) is 9.47 Å². The summed E-state index contributed by atoms with van der Waals surface area (Å²) in [7, 11) is 0. The number of nitrogens with zero attached hydrogens (tertiary/aromatic N) is 2. The number of hydrogen-bond acceptors (Lipinski definition) is 6. The van der Waals surface area contributed by atoms with Crippen molar-refractivity contribution in [2.45, 2.75) is 11.3 Å². The molecule has 1 atom stereocenters. The summed E-state index contributed by atoms with van der Waals surface area (Å²) in [6.07, 6.45) is 3.30. The van der Waals surface area contributed by atoms with E-state index in [2.05, 4.69) is 20.5 Å². The number of rotatable bonds is 7. The van der Waals surface area contributed by atoms with E-state index in [9.17, 15) is 9.18 Å². The molecule has 0 aliphatic carbocycles. The smallest absolute Gasteiger partial charge is 0.230 e. The molecule has 1 unspecified atom stereocenters. The Morgan fingerprint density at radius 2 is 2.00 bits per heavy atom. The molecule has 2 N–H and O–H groups in total. The van der Waals surface area contributed by atoms with E-state index in [0.29, 0.717) is 35.6 Å². The molecular formula is C21H19FN4O3S. The van der Waals surface area contributed by atoms with Crippen LogP contribution >= 0.6 is 11.8 Å². The molecule has 1 aliphatic heterocycles. The van der Waals surface area contributed by atoms with Crippen LogP contribution in [0.25, 0.3) is 12.2 Å². The third-order valence-corrected chi connectivity index (χ3v) is 5.06. The van der Waals surface area contributed by atoms with Gasteiger partial charge in [-0.05, 0) is 35.9 Å². The number of benzene rings is 2. The molecular weight excluding hydrogens is 407 g/mol. The van der Waals surface area contributed by atoms with Crippen molar-refractivity contribution in [2.75, 3.05) is 18.9 Å². The molecule has 1 aromatic heterocycles. The highest BCUT2D eigenvalue weighted by molar-refractivity contribution is 7.99. The first-order chi connectivity index (χ1) is 14.7. The fraction of sp³-hybridized carbons (Fsp3) is 0.190. The first kappa shape index (κ1) is 20.0. The van der Waals surface area contributed by atoms with E-state index in [0.717, 1.165) is 5.56 Å². The number of halogens is 1. The van der Waals surface area contributed by atoms with Crippen LogP contribution < -0.4 is 14.8 Å². The van der Waals surface area contributed by atoms with E-state index in [1.807, 2.05) is 24.3 Å². The highest BCUT2D eigenvalue weighted by Gasteiger charge is 2.21. The van der Waals surface area contributed by atoms with Gasteiger partial charge in [0.1, 0.15) is 24.4 Å². The second kappa shape index (κ2) is 9.45. The lowest BCUT2D eigenvalue weighted by Crippen LogP contribution is -2.41. The molecule has 9 heteroatoms. The quantitative estimate of drug-likeness (QED) is 0.564. The molecule has 0 saturated heterocycles. The molecule has 0 spiro atoms. The van der Waals surface area contributed by atoms with E-state index in [-0.39, 0.29) is 23.6 Å². The minimum atomic E-state index is -0.281. The SMILES string of the molecule is O=C(CSc1n[nH]c(/C=C/c2ccc(F)cc2)n1)NCC1COc2ccccc2O1. The summed E-state index contributed by atoms with van der Waals surface area (Å²) in [5, 5.41) is 10.2. The number of ether oxygens (including phenoxy) is 2. The minimum Gasteiger partial charge on any atom is -0.486 e. The average Bonchev–Trinajstić information content (AvgIpc) is 3.23. The maximum atomic E-state index is 12.9. The van der Waals surface area contributed by atoms with Gasteiger partial charge in [-0.3, -0.25) is 9.89 Å². The molecule has 2 heterocycles. The van der Waals surface area contributed by atoms with E-state index in [1.54, 1.807) is 24.3 Å². The molecule has 7 nitrogen and oxygen atoms in total. The van der Waals surface area contributed by atoms with Crippen LogP contribution in [0.2, 0.25) is 0 Å². The van der Waals surface area contributed by atoms with Crippen LogP contribution in [0.4, 0.5) is 4.39 Å². The van der Waals surface area contributed by atoms with E-state index < -0.39 is 0 Å². The molecule has 3 aromatic rings. The van der Waals surface area contributed by atoms with Gasteiger partial charge in [0, 0.05) is 0 Å². The Bertz CT molecular complexity index is 1040. The molecule has 154 valence electrons.